The van der Waals surface area contributed by atoms with Crippen LogP contribution < -0.4 is 5.32 Å². The standard InChI is InChI=1S/C15H15Br2N/c1-10-8-13(16)15(14(17)9-10)18-11(2)12-6-4-3-5-7-12/h3-9,11,18H,1-2H3. The Morgan fingerprint density at radius 2 is 1.56 bits per heavy atom. The van der Waals surface area contributed by atoms with Crippen molar-refractivity contribution in [2.24, 2.45) is 0 Å². The molecule has 1 unspecified atom stereocenters. The van der Waals surface area contributed by atoms with Gasteiger partial charge in [-0.1, -0.05) is 30.3 Å². The summed E-state index contributed by atoms with van der Waals surface area (Å²) >= 11 is 7.21. The summed E-state index contributed by atoms with van der Waals surface area (Å²) in [6.07, 6.45) is 0. The third kappa shape index (κ3) is 3.15. The van der Waals surface area contributed by atoms with Crippen molar-refractivity contribution < 1.29 is 0 Å². The monoisotopic (exact) mass is 367 g/mol. The van der Waals surface area contributed by atoms with Gasteiger partial charge in [0.1, 0.15) is 0 Å². The summed E-state index contributed by atoms with van der Waals surface area (Å²) in [5.74, 6) is 0. The second kappa shape index (κ2) is 5.89. The van der Waals surface area contributed by atoms with Crippen LogP contribution in [-0.2, 0) is 0 Å². The molecule has 3 heteroatoms. The molecule has 94 valence electrons. The van der Waals surface area contributed by atoms with E-state index in [0.29, 0.717) is 0 Å². The molecule has 1 nitrogen and oxygen atoms in total. The molecule has 0 aliphatic carbocycles. The van der Waals surface area contributed by atoms with E-state index in [9.17, 15) is 0 Å². The van der Waals surface area contributed by atoms with Crippen molar-refractivity contribution >= 4 is 37.5 Å². The zero-order chi connectivity index (χ0) is 13.1. The SMILES string of the molecule is Cc1cc(Br)c(NC(C)c2ccccc2)c(Br)c1. The van der Waals surface area contributed by atoms with Gasteiger partial charge in [-0.3, -0.25) is 0 Å². The van der Waals surface area contributed by atoms with Crippen molar-refractivity contribution in [2.45, 2.75) is 19.9 Å². The molecule has 0 radical (unpaired) electrons. The lowest BCUT2D eigenvalue weighted by molar-refractivity contribution is 0.882. The summed E-state index contributed by atoms with van der Waals surface area (Å²) in [5, 5.41) is 3.53. The maximum absolute atomic E-state index is 3.61. The van der Waals surface area contributed by atoms with Crippen LogP contribution in [-0.4, -0.2) is 0 Å². The number of anilines is 1. The molecule has 2 aromatic rings. The van der Waals surface area contributed by atoms with E-state index in [0.717, 1.165) is 14.6 Å². The molecule has 0 aliphatic heterocycles. The smallest absolute Gasteiger partial charge is 0.0633 e. The van der Waals surface area contributed by atoms with Crippen LogP contribution in [0.15, 0.2) is 51.4 Å². The molecular formula is C15H15Br2N. The summed E-state index contributed by atoms with van der Waals surface area (Å²) in [6.45, 7) is 4.24. The number of hydrogen-bond acceptors (Lipinski definition) is 1. The molecule has 0 heterocycles. The van der Waals surface area contributed by atoms with E-state index in [1.165, 1.54) is 11.1 Å². The van der Waals surface area contributed by atoms with Gasteiger partial charge in [-0.25, -0.2) is 0 Å². The van der Waals surface area contributed by atoms with Gasteiger partial charge in [0.15, 0.2) is 0 Å². The van der Waals surface area contributed by atoms with Crippen LogP contribution in [0.2, 0.25) is 0 Å². The van der Waals surface area contributed by atoms with Crippen molar-refractivity contribution in [3.63, 3.8) is 0 Å². The molecule has 2 aromatic carbocycles. The van der Waals surface area contributed by atoms with Crippen LogP contribution in [0, 0.1) is 6.92 Å². The van der Waals surface area contributed by atoms with E-state index < -0.39 is 0 Å². The molecule has 2 rings (SSSR count). The summed E-state index contributed by atoms with van der Waals surface area (Å²) in [4.78, 5) is 0. The van der Waals surface area contributed by atoms with Crippen LogP contribution in [0.4, 0.5) is 5.69 Å². The van der Waals surface area contributed by atoms with E-state index in [1.54, 1.807) is 0 Å². The van der Waals surface area contributed by atoms with E-state index in [1.807, 2.05) is 6.07 Å². The quantitative estimate of drug-likeness (QED) is 0.733. The molecule has 0 saturated heterocycles. The molecule has 0 aliphatic rings. The first kappa shape index (κ1) is 13.6. The summed E-state index contributed by atoms with van der Waals surface area (Å²) < 4.78 is 2.16. The number of nitrogens with one attached hydrogen (secondary N) is 1. The van der Waals surface area contributed by atoms with Gasteiger partial charge in [0.25, 0.3) is 0 Å². The van der Waals surface area contributed by atoms with E-state index in [2.05, 4.69) is 87.4 Å². The molecule has 1 N–H and O–H groups in total. The van der Waals surface area contributed by atoms with Gasteiger partial charge in [0.2, 0.25) is 0 Å². The second-order valence-electron chi connectivity index (χ2n) is 4.38. The van der Waals surface area contributed by atoms with Crippen LogP contribution >= 0.6 is 31.9 Å². The van der Waals surface area contributed by atoms with Gasteiger partial charge in [-0.15, -0.1) is 0 Å². The third-order valence-electron chi connectivity index (χ3n) is 2.85. The van der Waals surface area contributed by atoms with Crippen molar-refractivity contribution in [1.29, 1.82) is 0 Å². The van der Waals surface area contributed by atoms with Gasteiger partial charge in [-0.2, -0.15) is 0 Å². The molecule has 0 aromatic heterocycles. The van der Waals surface area contributed by atoms with Crippen LogP contribution in [0.1, 0.15) is 24.1 Å². The van der Waals surface area contributed by atoms with E-state index in [4.69, 9.17) is 0 Å². The Kier molecular flexibility index (Phi) is 4.46. The lowest BCUT2D eigenvalue weighted by atomic mass is 10.1. The number of halogens is 2. The average molecular weight is 369 g/mol. The highest BCUT2D eigenvalue weighted by atomic mass is 79.9. The largest absolute Gasteiger partial charge is 0.377 e. The van der Waals surface area contributed by atoms with Gasteiger partial charge in [0, 0.05) is 15.0 Å². The summed E-state index contributed by atoms with van der Waals surface area (Å²) in [6, 6.07) is 14.9. The highest BCUT2D eigenvalue weighted by Gasteiger charge is 2.10. The number of aryl methyl sites for hydroxylation is 1. The Morgan fingerprint density at radius 3 is 2.11 bits per heavy atom. The fraction of sp³-hybridized carbons (Fsp3) is 0.200. The summed E-state index contributed by atoms with van der Waals surface area (Å²) in [7, 11) is 0. The molecule has 0 amide bonds. The zero-order valence-corrected chi connectivity index (χ0v) is 13.5. The third-order valence-corrected chi connectivity index (χ3v) is 4.10. The average Bonchev–Trinajstić information content (AvgIpc) is 2.34. The van der Waals surface area contributed by atoms with Crippen molar-refractivity contribution in [3.05, 3.63) is 62.5 Å². The number of hydrogen-bond donors (Lipinski definition) is 1. The minimum atomic E-state index is 0.265. The predicted molar refractivity (Wildman–Crippen MR) is 85.1 cm³/mol. The number of benzene rings is 2. The molecule has 0 fully saturated rings. The first-order chi connectivity index (χ1) is 8.58. The topological polar surface area (TPSA) is 12.0 Å². The molecule has 18 heavy (non-hydrogen) atoms. The Bertz CT molecular complexity index is 514. The lowest BCUT2D eigenvalue weighted by Crippen LogP contribution is -2.07. The van der Waals surface area contributed by atoms with Gasteiger partial charge < -0.3 is 5.32 Å². The predicted octanol–water partition coefficient (Wildman–Crippen LogP) is 5.69. The van der Waals surface area contributed by atoms with Crippen LogP contribution in [0.5, 0.6) is 0 Å². The van der Waals surface area contributed by atoms with Gasteiger partial charge >= 0.3 is 0 Å². The lowest BCUT2D eigenvalue weighted by Gasteiger charge is -2.18. The van der Waals surface area contributed by atoms with Crippen molar-refractivity contribution in [3.8, 4) is 0 Å². The van der Waals surface area contributed by atoms with Crippen LogP contribution in [0.3, 0.4) is 0 Å². The van der Waals surface area contributed by atoms with E-state index in [-0.39, 0.29) is 6.04 Å². The Balaban J connectivity index is 2.25. The van der Waals surface area contributed by atoms with Crippen molar-refractivity contribution in [1.82, 2.24) is 0 Å². The minimum Gasteiger partial charge on any atom is -0.377 e. The molecule has 0 saturated carbocycles. The molecule has 0 bridgehead atoms. The summed E-state index contributed by atoms with van der Waals surface area (Å²) in [5.41, 5.74) is 3.60. The maximum atomic E-state index is 3.61. The van der Waals surface area contributed by atoms with Crippen LogP contribution in [0.25, 0.3) is 0 Å². The van der Waals surface area contributed by atoms with Gasteiger partial charge in [0.05, 0.1) is 5.69 Å². The normalized spacial score (nSPS) is 12.2. The fourth-order valence-electron chi connectivity index (χ4n) is 1.88. The first-order valence-electron chi connectivity index (χ1n) is 5.85. The highest BCUT2D eigenvalue weighted by molar-refractivity contribution is 9.11. The molecule has 0 spiro atoms. The minimum absolute atomic E-state index is 0.265. The number of rotatable bonds is 3. The fourth-order valence-corrected chi connectivity index (χ4v) is 3.52. The second-order valence-corrected chi connectivity index (χ2v) is 6.09. The molecule has 1 atom stereocenters. The Morgan fingerprint density at radius 1 is 1.00 bits per heavy atom. The highest BCUT2D eigenvalue weighted by Crippen LogP contribution is 2.34. The Labute approximate surface area is 125 Å². The Hall–Kier alpha value is -0.800. The zero-order valence-electron chi connectivity index (χ0n) is 10.4. The van der Waals surface area contributed by atoms with Gasteiger partial charge in [-0.05, 0) is 69.0 Å². The van der Waals surface area contributed by atoms with E-state index >= 15 is 0 Å². The van der Waals surface area contributed by atoms with Crippen molar-refractivity contribution in [2.75, 3.05) is 5.32 Å². The molecular weight excluding hydrogens is 354 g/mol. The maximum Gasteiger partial charge on any atom is 0.0633 e. The first-order valence-corrected chi connectivity index (χ1v) is 7.43.